The van der Waals surface area contributed by atoms with E-state index in [2.05, 4.69) is 0 Å². The van der Waals surface area contributed by atoms with E-state index in [4.69, 9.17) is 14.2 Å². The van der Waals surface area contributed by atoms with Gasteiger partial charge in [-0.1, -0.05) is 60.7 Å². The number of hydrogen-bond acceptors (Lipinski definition) is 8. The van der Waals surface area contributed by atoms with Gasteiger partial charge in [-0.3, -0.25) is 9.59 Å². The molecule has 3 aromatic rings. The number of carbonyl (C=O) groups is 5. The highest BCUT2D eigenvalue weighted by Crippen LogP contribution is 2.35. The van der Waals surface area contributed by atoms with Gasteiger partial charge in [-0.25, -0.2) is 14.4 Å². The van der Waals surface area contributed by atoms with Crippen molar-refractivity contribution in [2.24, 2.45) is 0 Å². The summed E-state index contributed by atoms with van der Waals surface area (Å²) in [6.07, 6.45) is -3.68. The minimum absolute atomic E-state index is 0.409. The Balaban J connectivity index is 1.68. The number of aliphatic carboxylic acids is 4. The summed E-state index contributed by atoms with van der Waals surface area (Å²) in [7, 11) is 0. The fraction of sp³-hybridized carbons (Fsp3) is 0.281. The topological polar surface area (TPSA) is 197 Å². The number of benzene rings is 3. The van der Waals surface area contributed by atoms with Gasteiger partial charge in [0.25, 0.3) is 5.91 Å². The Bertz CT molecular complexity index is 1510. The lowest BCUT2D eigenvalue weighted by atomic mass is 9.85. The third-order valence-corrected chi connectivity index (χ3v) is 7.45. The van der Waals surface area contributed by atoms with Crippen molar-refractivity contribution in [3.8, 4) is 11.5 Å². The zero-order valence-electron chi connectivity index (χ0n) is 24.0. The number of hydrogen-bond donors (Lipinski definition) is 4. The van der Waals surface area contributed by atoms with Crippen LogP contribution in [0.4, 0.5) is 0 Å². The van der Waals surface area contributed by atoms with Gasteiger partial charge in [0.1, 0.15) is 18.0 Å². The van der Waals surface area contributed by atoms with Gasteiger partial charge in [-0.15, -0.1) is 0 Å². The maximum atomic E-state index is 13.8. The Hall–Kier alpha value is -5.27. The molecule has 236 valence electrons. The first kappa shape index (κ1) is 32.6. The quantitative estimate of drug-likeness (QED) is 0.192. The number of para-hydroxylation sites is 1. The summed E-state index contributed by atoms with van der Waals surface area (Å²) in [5.74, 6) is -11.8. The molecule has 0 spiro atoms. The van der Waals surface area contributed by atoms with Crippen LogP contribution in [0.15, 0.2) is 84.9 Å². The van der Waals surface area contributed by atoms with Gasteiger partial charge in [-0.2, -0.15) is 0 Å². The molecule has 13 heteroatoms. The largest absolute Gasteiger partial charge is 0.480 e. The van der Waals surface area contributed by atoms with Gasteiger partial charge in [0.15, 0.2) is 12.2 Å². The Morgan fingerprint density at radius 2 is 1.31 bits per heavy atom. The molecule has 45 heavy (non-hydrogen) atoms. The molecule has 1 fully saturated rings. The summed E-state index contributed by atoms with van der Waals surface area (Å²) in [6, 6.07) is 24.5. The summed E-state index contributed by atoms with van der Waals surface area (Å²) >= 11 is 0. The predicted molar refractivity (Wildman–Crippen MR) is 155 cm³/mol. The van der Waals surface area contributed by atoms with Crippen LogP contribution in [0.1, 0.15) is 30.4 Å². The number of carboxylic acid groups (broad SMARTS) is 4. The van der Waals surface area contributed by atoms with Crippen LogP contribution in [0.5, 0.6) is 11.5 Å². The molecule has 1 aliphatic heterocycles. The number of aryl methyl sites for hydroxylation is 1. The predicted octanol–water partition coefficient (Wildman–Crippen LogP) is 3.23. The molecule has 1 amide bonds. The van der Waals surface area contributed by atoms with Crippen molar-refractivity contribution in [3.05, 3.63) is 96.1 Å². The van der Waals surface area contributed by atoms with E-state index in [1.165, 1.54) is 0 Å². The first-order valence-electron chi connectivity index (χ1n) is 13.9. The molecule has 3 aromatic carbocycles. The maximum absolute atomic E-state index is 13.8. The van der Waals surface area contributed by atoms with E-state index in [0.717, 1.165) is 10.5 Å². The molecule has 1 heterocycles. The second kappa shape index (κ2) is 14.0. The van der Waals surface area contributed by atoms with Gasteiger partial charge in [0.2, 0.25) is 0 Å². The van der Waals surface area contributed by atoms with Crippen molar-refractivity contribution < 1.29 is 58.6 Å². The molecule has 0 unspecified atom stereocenters. The lowest BCUT2D eigenvalue weighted by molar-refractivity contribution is -0.221. The van der Waals surface area contributed by atoms with Crippen molar-refractivity contribution in [1.82, 2.24) is 4.90 Å². The summed E-state index contributed by atoms with van der Waals surface area (Å²) in [4.78, 5) is 62.2. The first-order valence-corrected chi connectivity index (χ1v) is 13.9. The smallest absolute Gasteiger partial charge is 0.377 e. The van der Waals surface area contributed by atoms with Gasteiger partial charge in [0, 0.05) is 12.0 Å². The Labute approximate surface area is 257 Å². The summed E-state index contributed by atoms with van der Waals surface area (Å²) in [5.41, 5.74) is 1.67. The Morgan fingerprint density at radius 1 is 0.778 bits per heavy atom. The van der Waals surface area contributed by atoms with Crippen LogP contribution in [0.2, 0.25) is 0 Å². The van der Waals surface area contributed by atoms with Gasteiger partial charge >= 0.3 is 29.7 Å². The van der Waals surface area contributed by atoms with Crippen molar-refractivity contribution in [2.45, 2.75) is 49.7 Å². The van der Waals surface area contributed by atoms with E-state index in [1.807, 2.05) is 48.5 Å². The number of ether oxygens (including phenoxy) is 3. The van der Waals surface area contributed by atoms with Gasteiger partial charge < -0.3 is 39.5 Å². The van der Waals surface area contributed by atoms with Crippen LogP contribution in [-0.2, 0) is 39.9 Å². The van der Waals surface area contributed by atoms with Crippen molar-refractivity contribution in [3.63, 3.8) is 0 Å². The monoisotopic (exact) mass is 621 g/mol. The molecular weight excluding hydrogens is 590 g/mol. The second-order valence-corrected chi connectivity index (χ2v) is 10.4. The summed E-state index contributed by atoms with van der Waals surface area (Å²) in [6.45, 7) is 0.647. The van der Waals surface area contributed by atoms with Crippen molar-refractivity contribution in [1.29, 1.82) is 0 Å². The number of carbonyl (C=O) groups excluding carboxylic acids is 1. The first-order chi connectivity index (χ1) is 21.4. The third kappa shape index (κ3) is 7.45. The van der Waals surface area contributed by atoms with Gasteiger partial charge in [0.05, 0.1) is 0 Å². The Morgan fingerprint density at radius 3 is 1.84 bits per heavy atom. The van der Waals surface area contributed by atoms with Gasteiger partial charge in [-0.05, 0) is 55.2 Å². The highest BCUT2D eigenvalue weighted by atomic mass is 16.8. The van der Waals surface area contributed by atoms with E-state index in [0.29, 0.717) is 29.9 Å². The minimum atomic E-state index is -3.48. The SMILES string of the molecule is C[C@H]([C@H](CCc1ccccc1)c1ccc(Oc2ccccc2)cc1)N(CC(=O)O)C(=O)[C@H]1OC(C(=O)O)(C(=O)O)O[C@H]1C(=O)O. The molecule has 13 nitrogen and oxygen atoms in total. The molecule has 4 N–H and O–H groups in total. The average molecular weight is 622 g/mol. The molecule has 1 saturated heterocycles. The highest BCUT2D eigenvalue weighted by Gasteiger charge is 2.64. The van der Waals surface area contributed by atoms with Crippen LogP contribution in [-0.4, -0.2) is 85.7 Å². The number of amides is 1. The third-order valence-electron chi connectivity index (χ3n) is 7.45. The second-order valence-electron chi connectivity index (χ2n) is 10.4. The normalized spacial score (nSPS) is 18.3. The van der Waals surface area contributed by atoms with E-state index in [9.17, 15) is 44.4 Å². The molecule has 0 radical (unpaired) electrons. The number of nitrogens with zero attached hydrogens (tertiary/aromatic N) is 1. The molecule has 1 aliphatic rings. The van der Waals surface area contributed by atoms with E-state index < -0.39 is 66.3 Å². The average Bonchev–Trinajstić information content (AvgIpc) is 3.45. The lowest BCUT2D eigenvalue weighted by Gasteiger charge is -2.36. The van der Waals surface area contributed by atoms with Crippen LogP contribution in [0.3, 0.4) is 0 Å². The molecule has 4 rings (SSSR count). The van der Waals surface area contributed by atoms with Crippen LogP contribution in [0, 0.1) is 0 Å². The molecular formula is C32H31NO12. The fourth-order valence-corrected chi connectivity index (χ4v) is 5.17. The van der Waals surface area contributed by atoms with Crippen molar-refractivity contribution in [2.75, 3.05) is 6.54 Å². The summed E-state index contributed by atoms with van der Waals surface area (Å²) in [5, 5.41) is 38.4. The van der Waals surface area contributed by atoms with E-state index in [1.54, 1.807) is 43.3 Å². The standard InChI is InChI=1S/C32H31NO12/c1-19(33(18-25(34)35)28(36)26-27(29(37)38)45-32(44-26,30(39)40)31(41)42)24(17-12-20-8-4-2-5-9-20)21-13-15-23(16-14-21)43-22-10-6-3-7-11-22/h2-11,13-16,19,24,26-27H,12,17-18H2,1H3,(H,34,35)(H,37,38)(H,39,40)(H,41,42)/t19-,24+,26+,27-/m1/s1. The molecule has 0 bridgehead atoms. The molecule has 0 aliphatic carbocycles. The minimum Gasteiger partial charge on any atom is -0.480 e. The Kier molecular flexibility index (Phi) is 10.2. The van der Waals surface area contributed by atoms with E-state index in [-0.39, 0.29) is 0 Å². The zero-order valence-corrected chi connectivity index (χ0v) is 24.0. The molecule has 4 atom stereocenters. The molecule has 0 saturated carbocycles. The van der Waals surface area contributed by atoms with Crippen LogP contribution in [0.25, 0.3) is 0 Å². The number of rotatable bonds is 14. The zero-order chi connectivity index (χ0) is 32.7. The lowest BCUT2D eigenvalue weighted by Crippen LogP contribution is -2.53. The van der Waals surface area contributed by atoms with E-state index >= 15 is 0 Å². The maximum Gasteiger partial charge on any atom is 0.377 e. The number of carboxylic acids is 4. The summed E-state index contributed by atoms with van der Waals surface area (Å²) < 4.78 is 15.7. The highest BCUT2D eigenvalue weighted by molar-refractivity contribution is 6.02. The van der Waals surface area contributed by atoms with Crippen LogP contribution >= 0.6 is 0 Å². The van der Waals surface area contributed by atoms with Crippen LogP contribution < -0.4 is 4.74 Å². The van der Waals surface area contributed by atoms with Crippen molar-refractivity contribution >= 4 is 29.8 Å². The fourth-order valence-electron chi connectivity index (χ4n) is 5.17. The molecule has 0 aromatic heterocycles.